The predicted molar refractivity (Wildman–Crippen MR) is 71.8 cm³/mol. The molecule has 1 aromatic carbocycles. The molecule has 2 rings (SSSR count). The molecule has 19 heavy (non-hydrogen) atoms. The molecule has 0 aliphatic rings. The highest BCUT2D eigenvalue weighted by molar-refractivity contribution is 7.09. The van der Waals surface area contributed by atoms with E-state index in [1.54, 1.807) is 6.20 Å². The summed E-state index contributed by atoms with van der Waals surface area (Å²) in [6.45, 7) is 1.93. The van der Waals surface area contributed by atoms with E-state index in [1.165, 1.54) is 11.3 Å². The molecule has 0 spiro atoms. The molecule has 0 amide bonds. The second kappa shape index (κ2) is 5.75. The number of benzene rings is 1. The summed E-state index contributed by atoms with van der Waals surface area (Å²) in [4.78, 5) is 14.6. The van der Waals surface area contributed by atoms with E-state index in [0.717, 1.165) is 23.2 Å². The summed E-state index contributed by atoms with van der Waals surface area (Å²) in [6, 6.07) is 3.20. The van der Waals surface area contributed by atoms with Crippen LogP contribution in [0.15, 0.2) is 29.8 Å². The van der Waals surface area contributed by atoms with Crippen molar-refractivity contribution in [3.63, 3.8) is 0 Å². The number of anilines is 1. The molecule has 1 aromatic heterocycles. The molecule has 7 heteroatoms. The van der Waals surface area contributed by atoms with Crippen molar-refractivity contribution in [2.45, 2.75) is 19.4 Å². The van der Waals surface area contributed by atoms with Crippen molar-refractivity contribution in [1.82, 2.24) is 4.98 Å². The van der Waals surface area contributed by atoms with Gasteiger partial charge in [-0.1, -0.05) is 6.92 Å². The van der Waals surface area contributed by atoms with Crippen molar-refractivity contribution < 1.29 is 9.31 Å². The molecule has 5 nitrogen and oxygen atoms in total. The number of halogens is 1. The summed E-state index contributed by atoms with van der Waals surface area (Å²) in [6.07, 6.45) is 2.37. The van der Waals surface area contributed by atoms with Crippen molar-refractivity contribution in [3.05, 3.63) is 50.7 Å². The maximum atomic E-state index is 13.2. The SMILES string of the molecule is CCC(Nc1cc(F)ccc1[N+](=O)[O-])c1nccs1. The number of hydrogen-bond donors (Lipinski definition) is 1. The van der Waals surface area contributed by atoms with Crippen LogP contribution in [-0.4, -0.2) is 9.91 Å². The van der Waals surface area contributed by atoms with E-state index in [-0.39, 0.29) is 17.4 Å². The zero-order valence-electron chi connectivity index (χ0n) is 10.2. The Hall–Kier alpha value is -2.02. The lowest BCUT2D eigenvalue weighted by atomic mass is 10.2. The molecule has 1 N–H and O–H groups in total. The summed E-state index contributed by atoms with van der Waals surface area (Å²) < 4.78 is 13.2. The van der Waals surface area contributed by atoms with Gasteiger partial charge in [0.05, 0.1) is 11.0 Å². The van der Waals surface area contributed by atoms with Gasteiger partial charge < -0.3 is 5.32 Å². The Bertz CT molecular complexity index is 574. The largest absolute Gasteiger partial charge is 0.370 e. The van der Waals surface area contributed by atoms with E-state index < -0.39 is 10.7 Å². The summed E-state index contributed by atoms with van der Waals surface area (Å²) in [7, 11) is 0. The van der Waals surface area contributed by atoms with Gasteiger partial charge in [-0.2, -0.15) is 0 Å². The Morgan fingerprint density at radius 1 is 1.58 bits per heavy atom. The maximum absolute atomic E-state index is 13.2. The molecule has 1 heterocycles. The number of nitro benzene ring substituents is 1. The number of nitro groups is 1. The Morgan fingerprint density at radius 3 is 2.95 bits per heavy atom. The molecule has 0 fully saturated rings. The smallest absolute Gasteiger partial charge is 0.292 e. The molecular weight excluding hydrogens is 269 g/mol. The van der Waals surface area contributed by atoms with Crippen molar-refractivity contribution in [3.8, 4) is 0 Å². The molecule has 0 radical (unpaired) electrons. The van der Waals surface area contributed by atoms with Crippen LogP contribution in [0.1, 0.15) is 24.4 Å². The van der Waals surface area contributed by atoms with E-state index in [1.807, 2.05) is 12.3 Å². The lowest BCUT2D eigenvalue weighted by Crippen LogP contribution is -2.11. The van der Waals surface area contributed by atoms with Crippen molar-refractivity contribution in [2.24, 2.45) is 0 Å². The summed E-state index contributed by atoms with van der Waals surface area (Å²) >= 11 is 1.46. The van der Waals surface area contributed by atoms with Crippen LogP contribution in [0.3, 0.4) is 0 Å². The van der Waals surface area contributed by atoms with Crippen LogP contribution >= 0.6 is 11.3 Å². The lowest BCUT2D eigenvalue weighted by molar-refractivity contribution is -0.384. The minimum absolute atomic E-state index is 0.142. The van der Waals surface area contributed by atoms with Crippen molar-refractivity contribution in [2.75, 3.05) is 5.32 Å². The monoisotopic (exact) mass is 281 g/mol. The summed E-state index contributed by atoms with van der Waals surface area (Å²) in [5.74, 6) is -0.512. The van der Waals surface area contributed by atoms with Crippen LogP contribution in [0.5, 0.6) is 0 Å². The van der Waals surface area contributed by atoms with E-state index >= 15 is 0 Å². The fourth-order valence-electron chi connectivity index (χ4n) is 1.72. The fourth-order valence-corrected chi connectivity index (χ4v) is 2.49. The Balaban J connectivity index is 2.31. The minimum atomic E-state index is -0.531. The van der Waals surface area contributed by atoms with Crippen LogP contribution in [0.2, 0.25) is 0 Å². The molecule has 1 unspecified atom stereocenters. The van der Waals surface area contributed by atoms with Gasteiger partial charge in [-0.25, -0.2) is 9.37 Å². The van der Waals surface area contributed by atoms with Crippen molar-refractivity contribution in [1.29, 1.82) is 0 Å². The van der Waals surface area contributed by atoms with Gasteiger partial charge in [-0.3, -0.25) is 10.1 Å². The molecule has 0 saturated carbocycles. The number of aromatic nitrogens is 1. The molecular formula is C12H12FN3O2S. The number of rotatable bonds is 5. The van der Waals surface area contributed by atoms with E-state index in [9.17, 15) is 14.5 Å². The number of thiazole rings is 1. The number of nitrogens with one attached hydrogen (secondary N) is 1. The molecule has 0 bridgehead atoms. The first kappa shape index (κ1) is 13.4. The van der Waals surface area contributed by atoms with Crippen LogP contribution in [-0.2, 0) is 0 Å². The highest BCUT2D eigenvalue weighted by Gasteiger charge is 2.19. The average molecular weight is 281 g/mol. The minimum Gasteiger partial charge on any atom is -0.370 e. The third kappa shape index (κ3) is 3.05. The second-order valence-electron chi connectivity index (χ2n) is 3.89. The molecule has 2 aromatic rings. The predicted octanol–water partition coefficient (Wildman–Crippen LogP) is 3.75. The first-order valence-corrected chi connectivity index (χ1v) is 6.59. The van der Waals surface area contributed by atoms with E-state index in [0.29, 0.717) is 6.42 Å². The normalized spacial score (nSPS) is 12.1. The van der Waals surface area contributed by atoms with Gasteiger partial charge in [0.2, 0.25) is 0 Å². The first-order chi connectivity index (χ1) is 9.11. The molecule has 100 valence electrons. The van der Waals surface area contributed by atoms with Crippen molar-refractivity contribution >= 4 is 22.7 Å². The van der Waals surface area contributed by atoms with Gasteiger partial charge in [0.25, 0.3) is 5.69 Å². The van der Waals surface area contributed by atoms with E-state index in [2.05, 4.69) is 10.3 Å². The fraction of sp³-hybridized carbons (Fsp3) is 0.250. The van der Waals surface area contributed by atoms with Gasteiger partial charge in [0, 0.05) is 23.7 Å². The Labute approximate surface area is 113 Å². The number of hydrogen-bond acceptors (Lipinski definition) is 5. The third-order valence-electron chi connectivity index (χ3n) is 2.64. The molecule has 0 aliphatic heterocycles. The first-order valence-electron chi connectivity index (χ1n) is 5.71. The highest BCUT2D eigenvalue weighted by atomic mass is 32.1. The topological polar surface area (TPSA) is 68.1 Å². The van der Waals surface area contributed by atoms with Gasteiger partial charge in [-0.15, -0.1) is 11.3 Å². The van der Waals surface area contributed by atoms with Gasteiger partial charge in [0.1, 0.15) is 16.5 Å². The molecule has 1 atom stereocenters. The quantitative estimate of drug-likeness (QED) is 0.669. The molecule has 0 saturated heterocycles. The van der Waals surface area contributed by atoms with Gasteiger partial charge >= 0.3 is 0 Å². The van der Waals surface area contributed by atoms with Crippen LogP contribution in [0.4, 0.5) is 15.8 Å². The maximum Gasteiger partial charge on any atom is 0.292 e. The van der Waals surface area contributed by atoms with Crippen LogP contribution < -0.4 is 5.32 Å². The Morgan fingerprint density at radius 2 is 2.37 bits per heavy atom. The van der Waals surface area contributed by atoms with Gasteiger partial charge in [0.15, 0.2) is 0 Å². The standard InChI is InChI=1S/C12H12FN3O2S/c1-2-9(12-14-5-6-19-12)15-10-7-8(13)3-4-11(10)16(17)18/h3-7,9,15H,2H2,1H3. The van der Waals surface area contributed by atoms with Crippen LogP contribution in [0, 0.1) is 15.9 Å². The zero-order valence-corrected chi connectivity index (χ0v) is 11.0. The van der Waals surface area contributed by atoms with Crippen LogP contribution in [0.25, 0.3) is 0 Å². The Kier molecular flexibility index (Phi) is 4.06. The summed E-state index contributed by atoms with van der Waals surface area (Å²) in [5.41, 5.74) is 0.0310. The lowest BCUT2D eigenvalue weighted by Gasteiger charge is -2.15. The third-order valence-corrected chi connectivity index (χ3v) is 3.53. The van der Waals surface area contributed by atoms with Gasteiger partial charge in [-0.05, 0) is 12.5 Å². The second-order valence-corrected chi connectivity index (χ2v) is 4.82. The zero-order chi connectivity index (χ0) is 13.8. The van der Waals surface area contributed by atoms with E-state index in [4.69, 9.17) is 0 Å². The molecule has 0 aliphatic carbocycles. The number of nitrogens with zero attached hydrogens (tertiary/aromatic N) is 2. The highest BCUT2D eigenvalue weighted by Crippen LogP contribution is 2.30. The average Bonchev–Trinajstić information content (AvgIpc) is 2.89. The summed E-state index contributed by atoms with van der Waals surface area (Å²) in [5, 5.41) is 16.6.